The largest absolute Gasteiger partial charge is 0.487 e. The van der Waals surface area contributed by atoms with Crippen LogP contribution in [0.25, 0.3) is 0 Å². The van der Waals surface area contributed by atoms with Gasteiger partial charge in [0.15, 0.2) is 0 Å². The zero-order valence-corrected chi connectivity index (χ0v) is 16.1. The lowest BCUT2D eigenvalue weighted by atomic mass is 10.1. The molecule has 11 nitrogen and oxygen atoms in total. The Morgan fingerprint density at radius 2 is 2.07 bits per heavy atom. The monoisotopic (exact) mass is 415 g/mol. The topological polar surface area (TPSA) is 144 Å². The van der Waals surface area contributed by atoms with E-state index in [1.165, 1.54) is 21.6 Å². The van der Waals surface area contributed by atoms with Gasteiger partial charge in [-0.3, -0.25) is 14.3 Å². The number of ether oxygens (including phenoxy) is 2. The van der Waals surface area contributed by atoms with Crippen molar-refractivity contribution in [2.75, 3.05) is 6.61 Å². The number of aromatic nitrogens is 5. The number of aromatic amines is 1. The molecule has 0 unspecified atom stereocenters. The summed E-state index contributed by atoms with van der Waals surface area (Å²) >= 11 is 0. The number of aliphatic hydroxyl groups excluding tert-OH is 2. The minimum Gasteiger partial charge on any atom is -0.487 e. The molecule has 1 fully saturated rings. The van der Waals surface area contributed by atoms with Gasteiger partial charge in [-0.2, -0.15) is 0 Å². The van der Waals surface area contributed by atoms with E-state index in [4.69, 9.17) is 9.47 Å². The molecule has 158 valence electrons. The number of H-pyrrole nitrogens is 1. The second-order valence-electron chi connectivity index (χ2n) is 7.06. The van der Waals surface area contributed by atoms with E-state index in [9.17, 15) is 19.8 Å². The molecule has 1 aliphatic rings. The standard InChI is InChI=1S/C19H21N5O6/c1-12-8-23(18(28)20-17(12)27)16-7-15(26)19(11-25,30-16)24-9-13(21-22-24)10-29-14-5-3-2-4-6-14/h2-6,8-9,15-16,25-26H,7,10-11H2,1H3,(H,20,27,28)/t15-,16+,19+/m0/s1. The van der Waals surface area contributed by atoms with Gasteiger partial charge < -0.3 is 19.7 Å². The smallest absolute Gasteiger partial charge is 0.330 e. The predicted octanol–water partition coefficient (Wildman–Crippen LogP) is -0.359. The summed E-state index contributed by atoms with van der Waals surface area (Å²) in [5, 5.41) is 28.7. The molecule has 4 rings (SSSR count). The Hall–Kier alpha value is -3.28. The van der Waals surface area contributed by atoms with Gasteiger partial charge in [0.05, 0.1) is 12.8 Å². The number of rotatable bonds is 6. The van der Waals surface area contributed by atoms with Crippen LogP contribution in [0.5, 0.6) is 5.75 Å². The average molecular weight is 415 g/mol. The van der Waals surface area contributed by atoms with Crippen molar-refractivity contribution in [3.63, 3.8) is 0 Å². The molecule has 11 heteroatoms. The van der Waals surface area contributed by atoms with Gasteiger partial charge in [-0.15, -0.1) is 5.10 Å². The highest BCUT2D eigenvalue weighted by Gasteiger charge is 2.51. The molecule has 3 aromatic rings. The molecule has 0 spiro atoms. The van der Waals surface area contributed by atoms with Crippen LogP contribution in [0, 0.1) is 6.92 Å². The van der Waals surface area contributed by atoms with Crippen molar-refractivity contribution in [3.05, 3.63) is 74.8 Å². The van der Waals surface area contributed by atoms with E-state index < -0.39 is 35.9 Å². The summed E-state index contributed by atoms with van der Waals surface area (Å²) in [4.78, 5) is 26.0. The van der Waals surface area contributed by atoms with Crippen molar-refractivity contribution in [2.24, 2.45) is 0 Å². The van der Waals surface area contributed by atoms with Crippen molar-refractivity contribution >= 4 is 0 Å². The van der Waals surface area contributed by atoms with Gasteiger partial charge >= 0.3 is 5.69 Å². The van der Waals surface area contributed by atoms with Crippen LogP contribution in [0.2, 0.25) is 0 Å². The summed E-state index contributed by atoms with van der Waals surface area (Å²) in [6.07, 6.45) is 0.763. The van der Waals surface area contributed by atoms with Crippen LogP contribution in [0.4, 0.5) is 0 Å². The molecule has 30 heavy (non-hydrogen) atoms. The molecule has 3 N–H and O–H groups in total. The van der Waals surface area contributed by atoms with E-state index in [1.54, 1.807) is 19.1 Å². The fraction of sp³-hybridized carbons (Fsp3) is 0.368. The molecule has 1 aromatic carbocycles. The first kappa shape index (κ1) is 20.0. The summed E-state index contributed by atoms with van der Waals surface area (Å²) in [7, 11) is 0. The number of hydrogen-bond donors (Lipinski definition) is 3. The highest BCUT2D eigenvalue weighted by atomic mass is 16.6. The fourth-order valence-corrected chi connectivity index (χ4v) is 3.35. The molecule has 1 saturated heterocycles. The van der Waals surface area contributed by atoms with Crippen molar-refractivity contribution in [2.45, 2.75) is 38.0 Å². The Bertz CT molecular complexity index is 1140. The first-order chi connectivity index (χ1) is 14.4. The van der Waals surface area contributed by atoms with Crippen LogP contribution in [0.1, 0.15) is 23.9 Å². The second-order valence-corrected chi connectivity index (χ2v) is 7.06. The molecule has 3 heterocycles. The lowest BCUT2D eigenvalue weighted by Gasteiger charge is -2.29. The molecule has 0 amide bonds. The normalized spacial score (nSPS) is 23.6. The molecule has 2 aromatic heterocycles. The van der Waals surface area contributed by atoms with Crippen LogP contribution in [-0.4, -0.2) is 47.5 Å². The van der Waals surface area contributed by atoms with Gasteiger partial charge in [0.2, 0.25) is 5.72 Å². The van der Waals surface area contributed by atoms with E-state index in [-0.39, 0.29) is 13.0 Å². The molecular formula is C19H21N5O6. The van der Waals surface area contributed by atoms with Gasteiger partial charge in [0, 0.05) is 18.2 Å². The summed E-state index contributed by atoms with van der Waals surface area (Å²) < 4.78 is 13.9. The number of hydrogen-bond acceptors (Lipinski definition) is 8. The molecule has 3 atom stereocenters. The van der Waals surface area contributed by atoms with Gasteiger partial charge in [-0.1, -0.05) is 23.4 Å². The van der Waals surface area contributed by atoms with Gasteiger partial charge in [0.25, 0.3) is 5.56 Å². The van der Waals surface area contributed by atoms with Crippen LogP contribution in [0.15, 0.2) is 52.3 Å². The molecular weight excluding hydrogens is 394 g/mol. The first-order valence-corrected chi connectivity index (χ1v) is 9.31. The molecule has 0 aliphatic carbocycles. The maximum Gasteiger partial charge on any atom is 0.330 e. The molecule has 0 radical (unpaired) electrons. The van der Waals surface area contributed by atoms with Crippen LogP contribution in [0.3, 0.4) is 0 Å². The number of para-hydroxylation sites is 1. The Morgan fingerprint density at radius 1 is 1.30 bits per heavy atom. The van der Waals surface area contributed by atoms with Crippen LogP contribution < -0.4 is 16.0 Å². The number of aliphatic hydroxyl groups is 2. The molecule has 1 aliphatic heterocycles. The lowest BCUT2D eigenvalue weighted by molar-refractivity contribution is -0.187. The SMILES string of the molecule is Cc1cn([C@H]2C[C@H](O)[C@](CO)(n3cc(COc4ccccc4)nn3)O2)c(=O)[nH]c1=O. The molecule has 0 saturated carbocycles. The summed E-state index contributed by atoms with van der Waals surface area (Å²) in [5.41, 5.74) is -2.03. The van der Waals surface area contributed by atoms with Gasteiger partial charge in [-0.25, -0.2) is 9.48 Å². The maximum absolute atomic E-state index is 12.2. The van der Waals surface area contributed by atoms with E-state index >= 15 is 0 Å². The van der Waals surface area contributed by atoms with Crippen LogP contribution in [-0.2, 0) is 17.1 Å². The Labute approximate surface area is 170 Å². The third kappa shape index (κ3) is 3.54. The number of nitrogens with zero attached hydrogens (tertiary/aromatic N) is 4. The average Bonchev–Trinajstić information content (AvgIpc) is 3.35. The summed E-state index contributed by atoms with van der Waals surface area (Å²) in [6, 6.07) is 9.17. The highest BCUT2D eigenvalue weighted by molar-refractivity contribution is 5.21. The number of aryl methyl sites for hydroxylation is 1. The third-order valence-corrected chi connectivity index (χ3v) is 5.03. The predicted molar refractivity (Wildman–Crippen MR) is 103 cm³/mol. The van der Waals surface area contributed by atoms with Gasteiger partial charge in [-0.05, 0) is 19.1 Å². The highest BCUT2D eigenvalue weighted by Crippen LogP contribution is 2.39. The van der Waals surface area contributed by atoms with E-state index in [0.717, 1.165) is 0 Å². The first-order valence-electron chi connectivity index (χ1n) is 9.31. The van der Waals surface area contributed by atoms with Crippen molar-refractivity contribution in [1.82, 2.24) is 24.5 Å². The van der Waals surface area contributed by atoms with Crippen molar-refractivity contribution in [3.8, 4) is 5.75 Å². The number of nitrogens with one attached hydrogen (secondary N) is 1. The van der Waals surface area contributed by atoms with E-state index in [0.29, 0.717) is 17.0 Å². The Morgan fingerprint density at radius 3 is 2.80 bits per heavy atom. The quantitative estimate of drug-likeness (QED) is 0.495. The molecule has 0 bridgehead atoms. The Balaban J connectivity index is 1.57. The van der Waals surface area contributed by atoms with E-state index in [1.807, 2.05) is 18.2 Å². The second kappa shape index (κ2) is 7.86. The lowest BCUT2D eigenvalue weighted by Crippen LogP contribution is -2.46. The maximum atomic E-state index is 12.2. The van der Waals surface area contributed by atoms with E-state index in [2.05, 4.69) is 15.3 Å². The zero-order chi connectivity index (χ0) is 21.3. The fourth-order valence-electron chi connectivity index (χ4n) is 3.35. The van der Waals surface area contributed by atoms with Crippen molar-refractivity contribution < 1.29 is 19.7 Å². The minimum absolute atomic E-state index is 0.00165. The number of benzene rings is 1. The third-order valence-electron chi connectivity index (χ3n) is 5.03. The van der Waals surface area contributed by atoms with Gasteiger partial charge in [0.1, 0.15) is 30.4 Å². The summed E-state index contributed by atoms with van der Waals surface area (Å²) in [6.45, 7) is 1.07. The Kier molecular flexibility index (Phi) is 5.24. The van der Waals surface area contributed by atoms with Crippen LogP contribution >= 0.6 is 0 Å². The van der Waals surface area contributed by atoms with Crippen molar-refractivity contribution in [1.29, 1.82) is 0 Å². The zero-order valence-electron chi connectivity index (χ0n) is 16.1. The summed E-state index contributed by atoms with van der Waals surface area (Å²) in [5.74, 6) is 0.661. The minimum atomic E-state index is -1.63.